The lowest BCUT2D eigenvalue weighted by molar-refractivity contribution is -0.125. The van der Waals surface area contributed by atoms with E-state index in [1.807, 2.05) is 18.4 Å². The van der Waals surface area contributed by atoms with E-state index in [4.69, 9.17) is 10.7 Å². The number of hydrogen-bond acceptors (Lipinski definition) is 6. The highest BCUT2D eigenvalue weighted by molar-refractivity contribution is 6.03. The van der Waals surface area contributed by atoms with E-state index in [9.17, 15) is 9.18 Å². The number of hydrogen-bond donors (Lipinski definition) is 1. The number of likely N-dealkylation sites (N-methyl/N-ethyl adjacent to an activating group) is 1. The predicted molar refractivity (Wildman–Crippen MR) is 108 cm³/mol. The van der Waals surface area contributed by atoms with E-state index in [0.29, 0.717) is 23.5 Å². The van der Waals surface area contributed by atoms with Crippen molar-refractivity contribution in [3.05, 3.63) is 54.0 Å². The second kappa shape index (κ2) is 6.01. The topological polar surface area (TPSA) is 92.6 Å². The van der Waals surface area contributed by atoms with Crippen molar-refractivity contribution in [1.82, 2.24) is 24.4 Å². The van der Waals surface area contributed by atoms with E-state index in [0.717, 1.165) is 42.0 Å². The van der Waals surface area contributed by atoms with E-state index < -0.39 is 12.1 Å². The summed E-state index contributed by atoms with van der Waals surface area (Å²) < 4.78 is 15.8. The van der Waals surface area contributed by atoms with Crippen molar-refractivity contribution in [3.63, 3.8) is 0 Å². The summed E-state index contributed by atoms with van der Waals surface area (Å²) >= 11 is 0. The average molecular weight is 405 g/mol. The summed E-state index contributed by atoms with van der Waals surface area (Å²) in [6, 6.07) is 3.47. The zero-order valence-corrected chi connectivity index (χ0v) is 16.4. The molecule has 2 bridgehead atoms. The number of pyridine rings is 1. The molecule has 4 aliphatic rings. The summed E-state index contributed by atoms with van der Waals surface area (Å²) in [4.78, 5) is 23.0. The summed E-state index contributed by atoms with van der Waals surface area (Å²) in [6.07, 6.45) is 9.67. The fourth-order valence-corrected chi connectivity index (χ4v) is 5.15. The molecule has 0 radical (unpaired) electrons. The van der Waals surface area contributed by atoms with Crippen molar-refractivity contribution in [2.45, 2.75) is 37.4 Å². The van der Waals surface area contributed by atoms with Crippen LogP contribution in [0.3, 0.4) is 0 Å². The first-order chi connectivity index (χ1) is 14.5. The van der Waals surface area contributed by atoms with Crippen LogP contribution in [0.25, 0.3) is 17.0 Å². The Morgan fingerprint density at radius 2 is 2.13 bits per heavy atom. The van der Waals surface area contributed by atoms with Gasteiger partial charge in [-0.15, -0.1) is 0 Å². The van der Waals surface area contributed by atoms with Crippen molar-refractivity contribution in [2.24, 2.45) is 10.8 Å². The SMILES string of the molecule is CN1N=C2C=CC(c3c(-c4ccc(F)cn4)nc4n3C3CCC4C3)=CN2C1C(N)=O. The quantitative estimate of drug-likeness (QED) is 0.845. The van der Waals surface area contributed by atoms with Crippen molar-refractivity contribution in [1.29, 1.82) is 0 Å². The molecule has 8 nitrogen and oxygen atoms in total. The minimum Gasteiger partial charge on any atom is -0.366 e. The zero-order chi connectivity index (χ0) is 20.6. The number of hydrazone groups is 1. The van der Waals surface area contributed by atoms with Crippen LogP contribution in [-0.4, -0.2) is 49.4 Å². The molecule has 152 valence electrons. The number of imidazole rings is 1. The number of aromatic nitrogens is 3. The molecule has 30 heavy (non-hydrogen) atoms. The number of rotatable bonds is 3. The van der Waals surface area contributed by atoms with E-state index in [-0.39, 0.29) is 5.82 Å². The van der Waals surface area contributed by atoms with Crippen LogP contribution in [0.4, 0.5) is 4.39 Å². The lowest BCUT2D eigenvalue weighted by atomic mass is 10.0. The standard InChI is InChI=1S/C21H20FN7O/c1-27-21(19(23)30)28-10-12(3-7-16(28)26-27)18-17(15-6-4-13(22)9-24-15)25-20-11-2-5-14(8-11)29(18)20/h3-4,6-7,9-11,14,21H,2,5,8H2,1H3,(H2,23,30). The van der Waals surface area contributed by atoms with Gasteiger partial charge in [0.15, 0.2) is 5.84 Å². The monoisotopic (exact) mass is 405 g/mol. The van der Waals surface area contributed by atoms with E-state index in [1.165, 1.54) is 12.3 Å². The molecular formula is C21H20FN7O. The summed E-state index contributed by atoms with van der Waals surface area (Å²) in [5.41, 5.74) is 8.84. The third-order valence-electron chi connectivity index (χ3n) is 6.40. The van der Waals surface area contributed by atoms with Crippen molar-refractivity contribution < 1.29 is 9.18 Å². The van der Waals surface area contributed by atoms with Crippen LogP contribution < -0.4 is 5.73 Å². The number of nitrogens with two attached hydrogens (primary N) is 1. The van der Waals surface area contributed by atoms with Gasteiger partial charge in [0.2, 0.25) is 6.17 Å². The number of amidine groups is 1. The van der Waals surface area contributed by atoms with Crippen molar-refractivity contribution in [2.75, 3.05) is 7.05 Å². The van der Waals surface area contributed by atoms with Gasteiger partial charge >= 0.3 is 0 Å². The largest absolute Gasteiger partial charge is 0.366 e. The molecule has 0 spiro atoms. The third-order valence-corrected chi connectivity index (χ3v) is 6.40. The molecular weight excluding hydrogens is 385 g/mol. The Morgan fingerprint density at radius 3 is 2.90 bits per heavy atom. The first-order valence-corrected chi connectivity index (χ1v) is 10.0. The van der Waals surface area contributed by atoms with Crippen LogP contribution in [0.2, 0.25) is 0 Å². The van der Waals surface area contributed by atoms with Gasteiger partial charge in [-0.2, -0.15) is 5.10 Å². The molecule has 1 fully saturated rings. The number of carbonyl (C=O) groups is 1. The molecule has 6 rings (SSSR count). The Bertz CT molecular complexity index is 1160. The summed E-state index contributed by atoms with van der Waals surface area (Å²) in [5, 5.41) is 5.96. The maximum absolute atomic E-state index is 13.5. The molecule has 1 aliphatic carbocycles. The molecule has 1 amide bonds. The van der Waals surface area contributed by atoms with Crippen molar-refractivity contribution in [3.8, 4) is 11.4 Å². The van der Waals surface area contributed by atoms with Gasteiger partial charge in [-0.1, -0.05) is 0 Å². The molecule has 3 atom stereocenters. The van der Waals surface area contributed by atoms with E-state index >= 15 is 0 Å². The molecule has 9 heteroatoms. The van der Waals surface area contributed by atoms with Crippen LogP contribution in [0.1, 0.15) is 42.7 Å². The van der Waals surface area contributed by atoms with E-state index in [2.05, 4.69) is 14.7 Å². The van der Waals surface area contributed by atoms with Crippen LogP contribution in [0.15, 0.2) is 41.8 Å². The smallest absolute Gasteiger partial charge is 0.262 e. The maximum atomic E-state index is 13.5. The summed E-state index contributed by atoms with van der Waals surface area (Å²) in [7, 11) is 1.73. The Morgan fingerprint density at radius 1 is 1.27 bits per heavy atom. The molecule has 3 aliphatic heterocycles. The normalized spacial score (nSPS) is 26.0. The fraction of sp³-hybridized carbons (Fsp3) is 0.333. The first-order valence-electron chi connectivity index (χ1n) is 10.0. The van der Waals surface area contributed by atoms with Gasteiger partial charge in [-0.25, -0.2) is 9.37 Å². The van der Waals surface area contributed by atoms with Gasteiger partial charge in [0.1, 0.15) is 17.3 Å². The summed E-state index contributed by atoms with van der Waals surface area (Å²) in [5.74, 6) is 1.33. The molecule has 1 saturated carbocycles. The number of amides is 1. The van der Waals surface area contributed by atoms with Gasteiger partial charge in [-0.3, -0.25) is 14.8 Å². The number of nitrogens with zero attached hydrogens (tertiary/aromatic N) is 6. The second-order valence-corrected chi connectivity index (χ2v) is 8.20. The van der Waals surface area contributed by atoms with Gasteiger partial charge in [0, 0.05) is 30.8 Å². The molecule has 2 aromatic rings. The maximum Gasteiger partial charge on any atom is 0.262 e. The number of primary amides is 1. The number of halogens is 1. The van der Waals surface area contributed by atoms with Gasteiger partial charge in [0.05, 0.1) is 17.6 Å². The highest BCUT2D eigenvalue weighted by Crippen LogP contribution is 2.51. The van der Waals surface area contributed by atoms with Gasteiger partial charge in [-0.05, 0) is 43.5 Å². The molecule has 2 N–H and O–H groups in total. The molecule has 3 unspecified atom stereocenters. The Kier molecular flexibility index (Phi) is 3.48. The summed E-state index contributed by atoms with van der Waals surface area (Å²) in [6.45, 7) is 0. The van der Waals surface area contributed by atoms with Crippen LogP contribution in [-0.2, 0) is 4.79 Å². The molecule has 5 heterocycles. The highest BCUT2D eigenvalue weighted by Gasteiger charge is 2.43. The highest BCUT2D eigenvalue weighted by atomic mass is 19.1. The minimum absolute atomic E-state index is 0.380. The molecule has 2 aromatic heterocycles. The van der Waals surface area contributed by atoms with Gasteiger partial charge in [0.25, 0.3) is 5.91 Å². The molecule has 0 saturated heterocycles. The van der Waals surface area contributed by atoms with E-state index in [1.54, 1.807) is 23.0 Å². The van der Waals surface area contributed by atoms with Gasteiger partial charge < -0.3 is 15.2 Å². The Hall–Kier alpha value is -3.49. The average Bonchev–Trinajstić information content (AvgIpc) is 3.47. The Balaban J connectivity index is 1.52. The van der Waals surface area contributed by atoms with Crippen LogP contribution >= 0.6 is 0 Å². The zero-order valence-electron chi connectivity index (χ0n) is 16.4. The number of fused-ring (bicyclic) bond motifs is 6. The fourth-order valence-electron chi connectivity index (χ4n) is 5.15. The number of carbonyl (C=O) groups excluding carboxylic acids is 1. The lowest BCUT2D eigenvalue weighted by Gasteiger charge is -2.27. The Labute approximate surface area is 172 Å². The predicted octanol–water partition coefficient (Wildman–Crippen LogP) is 2.19. The molecule has 0 aromatic carbocycles. The first kappa shape index (κ1) is 17.4. The van der Waals surface area contributed by atoms with Crippen LogP contribution in [0, 0.1) is 5.82 Å². The number of allylic oxidation sites excluding steroid dienone is 2. The third kappa shape index (κ3) is 2.31. The lowest BCUT2D eigenvalue weighted by Crippen LogP contribution is -2.47. The second-order valence-electron chi connectivity index (χ2n) is 8.20. The minimum atomic E-state index is -0.676. The van der Waals surface area contributed by atoms with Crippen LogP contribution in [0.5, 0.6) is 0 Å². The van der Waals surface area contributed by atoms with Crippen molar-refractivity contribution >= 4 is 17.3 Å².